The van der Waals surface area contributed by atoms with Crippen LogP contribution in [0.4, 0.5) is 0 Å². The van der Waals surface area contributed by atoms with Gasteiger partial charge in [0.25, 0.3) is 0 Å². The van der Waals surface area contributed by atoms with Crippen molar-refractivity contribution in [2.24, 2.45) is 5.73 Å². The molecule has 0 aliphatic rings. The van der Waals surface area contributed by atoms with Crippen LogP contribution in [-0.2, 0) is 11.8 Å². The van der Waals surface area contributed by atoms with Gasteiger partial charge in [-0.25, -0.2) is 4.98 Å². The average molecular weight is 274 g/mol. The Labute approximate surface area is 119 Å². The second kappa shape index (κ2) is 5.85. The Kier molecular flexibility index (Phi) is 4.38. The molecule has 1 atom stereocenters. The molecule has 2 nitrogen and oxygen atoms in total. The first-order valence-corrected chi connectivity index (χ1v) is 7.63. The van der Waals surface area contributed by atoms with Crippen molar-refractivity contribution in [3.8, 4) is 0 Å². The van der Waals surface area contributed by atoms with Crippen molar-refractivity contribution in [1.29, 1.82) is 0 Å². The van der Waals surface area contributed by atoms with E-state index in [1.165, 1.54) is 10.6 Å². The van der Waals surface area contributed by atoms with Crippen LogP contribution in [0.1, 0.15) is 43.0 Å². The van der Waals surface area contributed by atoms with E-state index in [1.54, 1.807) is 11.3 Å². The molecule has 0 amide bonds. The smallest absolute Gasteiger partial charge is 0.0990 e. The summed E-state index contributed by atoms with van der Waals surface area (Å²) in [4.78, 5) is 4.76. The number of thiazole rings is 1. The molecule has 0 saturated carbocycles. The molecule has 19 heavy (non-hydrogen) atoms. The van der Waals surface area contributed by atoms with E-state index in [2.05, 4.69) is 56.5 Å². The van der Waals surface area contributed by atoms with Gasteiger partial charge in [-0.1, -0.05) is 51.1 Å². The maximum absolute atomic E-state index is 5.59. The highest BCUT2D eigenvalue weighted by Gasteiger charge is 2.31. The maximum atomic E-state index is 5.59. The van der Waals surface area contributed by atoms with Gasteiger partial charge < -0.3 is 5.73 Å². The quantitative estimate of drug-likeness (QED) is 0.902. The molecule has 1 heterocycles. The minimum atomic E-state index is 0.0405. The molecule has 1 unspecified atom stereocenters. The Balaban J connectivity index is 2.25. The van der Waals surface area contributed by atoms with Gasteiger partial charge in [0, 0.05) is 17.2 Å². The van der Waals surface area contributed by atoms with E-state index < -0.39 is 0 Å². The Hall–Kier alpha value is -1.19. The van der Waals surface area contributed by atoms with Gasteiger partial charge in [0.2, 0.25) is 0 Å². The lowest BCUT2D eigenvalue weighted by Crippen LogP contribution is -2.25. The standard InChI is InChI=1S/C16H22N2S/c1-12(13-7-5-4-6-8-13)16(2,3)15-18-14(9-10-17)11-19-15/h4-8,11-12H,9-10,17H2,1-3H3. The van der Waals surface area contributed by atoms with Crippen molar-refractivity contribution < 1.29 is 0 Å². The third-order valence-electron chi connectivity index (χ3n) is 3.89. The number of aromatic nitrogens is 1. The Bertz CT molecular complexity index is 517. The molecule has 1 aromatic heterocycles. The van der Waals surface area contributed by atoms with E-state index in [9.17, 15) is 0 Å². The van der Waals surface area contributed by atoms with Gasteiger partial charge >= 0.3 is 0 Å². The minimum Gasteiger partial charge on any atom is -0.330 e. The van der Waals surface area contributed by atoms with Crippen LogP contribution in [0.15, 0.2) is 35.7 Å². The fraction of sp³-hybridized carbons (Fsp3) is 0.438. The summed E-state index contributed by atoms with van der Waals surface area (Å²) in [5.74, 6) is 0.436. The van der Waals surface area contributed by atoms with Crippen molar-refractivity contribution in [3.63, 3.8) is 0 Å². The largest absolute Gasteiger partial charge is 0.330 e. The van der Waals surface area contributed by atoms with Crippen LogP contribution >= 0.6 is 11.3 Å². The highest BCUT2D eigenvalue weighted by molar-refractivity contribution is 7.09. The van der Waals surface area contributed by atoms with Crippen molar-refractivity contribution in [1.82, 2.24) is 4.98 Å². The highest BCUT2D eigenvalue weighted by Crippen LogP contribution is 2.39. The number of nitrogens with zero attached hydrogens (tertiary/aromatic N) is 1. The summed E-state index contributed by atoms with van der Waals surface area (Å²) in [5, 5.41) is 3.34. The van der Waals surface area contributed by atoms with Crippen LogP contribution in [0, 0.1) is 0 Å². The Morgan fingerprint density at radius 3 is 2.58 bits per heavy atom. The summed E-state index contributed by atoms with van der Waals surface area (Å²) < 4.78 is 0. The van der Waals surface area contributed by atoms with Gasteiger partial charge in [-0.15, -0.1) is 11.3 Å². The molecule has 0 bridgehead atoms. The van der Waals surface area contributed by atoms with E-state index in [1.807, 2.05) is 0 Å². The SMILES string of the molecule is CC(c1ccccc1)C(C)(C)c1nc(CCN)cs1. The summed E-state index contributed by atoms with van der Waals surface area (Å²) in [7, 11) is 0. The maximum Gasteiger partial charge on any atom is 0.0990 e. The topological polar surface area (TPSA) is 38.9 Å². The van der Waals surface area contributed by atoms with Gasteiger partial charge in [-0.2, -0.15) is 0 Å². The number of rotatable bonds is 5. The van der Waals surface area contributed by atoms with Crippen LogP contribution in [0.2, 0.25) is 0 Å². The monoisotopic (exact) mass is 274 g/mol. The number of hydrogen-bond acceptors (Lipinski definition) is 3. The lowest BCUT2D eigenvalue weighted by atomic mass is 9.76. The average Bonchev–Trinajstić information content (AvgIpc) is 2.89. The first-order chi connectivity index (χ1) is 9.05. The van der Waals surface area contributed by atoms with E-state index in [-0.39, 0.29) is 5.41 Å². The lowest BCUT2D eigenvalue weighted by Gasteiger charge is -2.30. The molecule has 0 aliphatic heterocycles. The van der Waals surface area contributed by atoms with Crippen LogP contribution in [0.25, 0.3) is 0 Å². The molecule has 102 valence electrons. The molecule has 1 aromatic carbocycles. The molecular weight excluding hydrogens is 252 g/mol. The van der Waals surface area contributed by atoms with Gasteiger partial charge in [0.1, 0.15) is 0 Å². The third kappa shape index (κ3) is 3.04. The highest BCUT2D eigenvalue weighted by atomic mass is 32.1. The summed E-state index contributed by atoms with van der Waals surface area (Å²) >= 11 is 1.75. The van der Waals surface area contributed by atoms with Gasteiger partial charge in [0.05, 0.1) is 10.7 Å². The molecule has 0 aliphatic carbocycles. The predicted octanol–water partition coefficient (Wildman–Crippen LogP) is 3.73. The number of benzene rings is 1. The van der Waals surface area contributed by atoms with Crippen molar-refractivity contribution in [2.45, 2.75) is 38.5 Å². The summed E-state index contributed by atoms with van der Waals surface area (Å²) in [6.45, 7) is 7.49. The van der Waals surface area contributed by atoms with E-state index in [0.29, 0.717) is 12.5 Å². The van der Waals surface area contributed by atoms with Gasteiger partial charge in [-0.05, 0) is 18.0 Å². The van der Waals surface area contributed by atoms with Crippen molar-refractivity contribution in [3.05, 3.63) is 52.0 Å². The molecule has 0 radical (unpaired) electrons. The van der Waals surface area contributed by atoms with Crippen molar-refractivity contribution >= 4 is 11.3 Å². The van der Waals surface area contributed by atoms with Crippen LogP contribution < -0.4 is 5.73 Å². The molecular formula is C16H22N2S. The summed E-state index contributed by atoms with van der Waals surface area (Å²) in [6, 6.07) is 10.7. The predicted molar refractivity (Wildman–Crippen MR) is 82.8 cm³/mol. The second-order valence-corrected chi connectivity index (χ2v) is 6.39. The van der Waals surface area contributed by atoms with E-state index >= 15 is 0 Å². The van der Waals surface area contributed by atoms with E-state index in [4.69, 9.17) is 10.7 Å². The molecule has 2 aromatic rings. The molecule has 2 rings (SSSR count). The zero-order valence-electron chi connectivity index (χ0n) is 11.9. The fourth-order valence-corrected chi connectivity index (χ4v) is 3.28. The van der Waals surface area contributed by atoms with Gasteiger partial charge in [-0.3, -0.25) is 0 Å². The first-order valence-electron chi connectivity index (χ1n) is 6.75. The first kappa shape index (κ1) is 14.2. The lowest BCUT2D eigenvalue weighted by molar-refractivity contribution is 0.433. The molecule has 0 fully saturated rings. The minimum absolute atomic E-state index is 0.0405. The van der Waals surface area contributed by atoms with E-state index in [0.717, 1.165) is 12.1 Å². The van der Waals surface area contributed by atoms with Crippen LogP contribution in [0.5, 0.6) is 0 Å². The van der Waals surface area contributed by atoms with Crippen LogP contribution in [0.3, 0.4) is 0 Å². The van der Waals surface area contributed by atoms with Crippen molar-refractivity contribution in [2.75, 3.05) is 6.54 Å². The Morgan fingerprint density at radius 1 is 1.26 bits per heavy atom. The summed E-state index contributed by atoms with van der Waals surface area (Å²) in [5.41, 5.74) is 8.12. The Morgan fingerprint density at radius 2 is 1.95 bits per heavy atom. The number of nitrogens with two attached hydrogens (primary N) is 1. The summed E-state index contributed by atoms with van der Waals surface area (Å²) in [6.07, 6.45) is 0.867. The number of hydrogen-bond donors (Lipinski definition) is 1. The molecule has 0 spiro atoms. The van der Waals surface area contributed by atoms with Gasteiger partial charge in [0.15, 0.2) is 0 Å². The zero-order chi connectivity index (χ0) is 13.9. The molecule has 3 heteroatoms. The fourth-order valence-electron chi connectivity index (χ4n) is 2.21. The normalized spacial score (nSPS) is 13.5. The molecule has 0 saturated heterocycles. The zero-order valence-corrected chi connectivity index (χ0v) is 12.7. The third-order valence-corrected chi connectivity index (χ3v) is 5.12. The second-order valence-electron chi connectivity index (χ2n) is 5.54. The van der Waals surface area contributed by atoms with Crippen LogP contribution in [-0.4, -0.2) is 11.5 Å². The molecule has 2 N–H and O–H groups in total.